The van der Waals surface area contributed by atoms with Crippen LogP contribution in [0.3, 0.4) is 0 Å². The standard InChI is InChI=1S/C12H12OS/c1-10-6-8-12(9-7-10)14(13)11-4-2-3-5-11/h2-4,6-9H,5H2,1H3/t14-/m1/s1. The highest BCUT2D eigenvalue weighted by molar-refractivity contribution is 7.89. The zero-order chi connectivity index (χ0) is 9.97. The lowest BCUT2D eigenvalue weighted by Crippen LogP contribution is -1.93. The maximum absolute atomic E-state index is 12.0. The van der Waals surface area contributed by atoms with Crippen LogP contribution in [0.25, 0.3) is 0 Å². The Morgan fingerprint density at radius 3 is 2.50 bits per heavy atom. The molecule has 1 atom stereocenters. The third-order valence-corrected chi connectivity index (χ3v) is 3.69. The smallest absolute Gasteiger partial charge is 0.0811 e. The zero-order valence-corrected chi connectivity index (χ0v) is 8.88. The van der Waals surface area contributed by atoms with Crippen molar-refractivity contribution in [3.8, 4) is 0 Å². The van der Waals surface area contributed by atoms with Gasteiger partial charge in [-0.1, -0.05) is 29.8 Å². The Hall–Kier alpha value is -1.15. The largest absolute Gasteiger partial charge is 0.249 e. The number of rotatable bonds is 2. The second-order valence-corrected chi connectivity index (χ2v) is 4.88. The predicted molar refractivity (Wildman–Crippen MR) is 59.4 cm³/mol. The maximum atomic E-state index is 12.0. The maximum Gasteiger partial charge on any atom is 0.0811 e. The first kappa shape index (κ1) is 9.41. The van der Waals surface area contributed by atoms with Crippen LogP contribution in [-0.2, 0) is 10.8 Å². The van der Waals surface area contributed by atoms with Crippen molar-refractivity contribution in [2.75, 3.05) is 0 Å². The summed E-state index contributed by atoms with van der Waals surface area (Å²) in [6.07, 6.45) is 6.75. The molecule has 0 aliphatic heterocycles. The lowest BCUT2D eigenvalue weighted by Gasteiger charge is -2.02. The Bertz CT molecular complexity index is 412. The van der Waals surface area contributed by atoms with Gasteiger partial charge in [-0.3, -0.25) is 0 Å². The quantitative estimate of drug-likeness (QED) is 0.724. The molecule has 14 heavy (non-hydrogen) atoms. The second-order valence-electron chi connectivity index (χ2n) is 3.35. The van der Waals surface area contributed by atoms with E-state index in [9.17, 15) is 4.21 Å². The number of allylic oxidation sites excluding steroid dienone is 4. The van der Waals surface area contributed by atoms with Gasteiger partial charge in [-0.2, -0.15) is 0 Å². The number of hydrogen-bond donors (Lipinski definition) is 0. The van der Waals surface area contributed by atoms with Gasteiger partial charge in [0.15, 0.2) is 0 Å². The molecule has 0 heterocycles. The van der Waals surface area contributed by atoms with Gasteiger partial charge in [0.2, 0.25) is 0 Å². The first-order valence-corrected chi connectivity index (χ1v) is 5.76. The molecule has 1 aliphatic carbocycles. The lowest BCUT2D eigenvalue weighted by molar-refractivity contribution is 0.686. The molecule has 0 aromatic heterocycles. The van der Waals surface area contributed by atoms with E-state index < -0.39 is 10.8 Å². The molecule has 1 nitrogen and oxygen atoms in total. The third-order valence-electron chi connectivity index (χ3n) is 2.21. The molecule has 0 saturated heterocycles. The summed E-state index contributed by atoms with van der Waals surface area (Å²) in [5, 5.41) is 0. The molecule has 0 radical (unpaired) electrons. The van der Waals surface area contributed by atoms with E-state index >= 15 is 0 Å². The molecule has 0 bridgehead atoms. The first-order valence-electron chi connectivity index (χ1n) is 4.61. The minimum Gasteiger partial charge on any atom is -0.249 e. The molecule has 0 fully saturated rings. The van der Waals surface area contributed by atoms with Crippen LogP contribution >= 0.6 is 0 Å². The summed E-state index contributed by atoms with van der Waals surface area (Å²) in [5.74, 6) is 0. The molecule has 0 spiro atoms. The SMILES string of the molecule is Cc1ccc([S@](=O)C2=CC=CC2)cc1. The van der Waals surface area contributed by atoms with E-state index in [-0.39, 0.29) is 0 Å². The van der Waals surface area contributed by atoms with Crippen molar-refractivity contribution in [2.45, 2.75) is 18.2 Å². The van der Waals surface area contributed by atoms with Crippen molar-refractivity contribution in [2.24, 2.45) is 0 Å². The molecular formula is C12H12OS. The summed E-state index contributed by atoms with van der Waals surface area (Å²) >= 11 is 0. The van der Waals surface area contributed by atoms with Gasteiger partial charge in [-0.25, -0.2) is 4.21 Å². The van der Waals surface area contributed by atoms with Crippen LogP contribution < -0.4 is 0 Å². The summed E-state index contributed by atoms with van der Waals surface area (Å²) in [7, 11) is -0.968. The molecule has 0 saturated carbocycles. The highest BCUT2D eigenvalue weighted by atomic mass is 32.2. The van der Waals surface area contributed by atoms with E-state index in [0.29, 0.717) is 0 Å². The fraction of sp³-hybridized carbons (Fsp3) is 0.167. The third kappa shape index (κ3) is 1.85. The van der Waals surface area contributed by atoms with E-state index in [1.807, 2.05) is 49.4 Å². The normalized spacial score (nSPS) is 16.8. The van der Waals surface area contributed by atoms with Crippen LogP contribution in [-0.4, -0.2) is 4.21 Å². The van der Waals surface area contributed by atoms with Crippen LogP contribution in [0, 0.1) is 6.92 Å². The lowest BCUT2D eigenvalue weighted by atomic mass is 10.2. The van der Waals surface area contributed by atoms with E-state index in [0.717, 1.165) is 16.2 Å². The highest BCUT2D eigenvalue weighted by Crippen LogP contribution is 2.21. The van der Waals surface area contributed by atoms with Crippen molar-refractivity contribution in [3.05, 3.63) is 53.0 Å². The van der Waals surface area contributed by atoms with Gasteiger partial charge in [0, 0.05) is 9.80 Å². The molecule has 1 aromatic carbocycles. The Morgan fingerprint density at radius 1 is 1.21 bits per heavy atom. The molecule has 1 aliphatic rings. The van der Waals surface area contributed by atoms with Crippen LogP contribution in [0.5, 0.6) is 0 Å². The summed E-state index contributed by atoms with van der Waals surface area (Å²) < 4.78 is 12.0. The molecule has 0 N–H and O–H groups in total. The predicted octanol–water partition coefficient (Wildman–Crippen LogP) is 2.95. The minimum atomic E-state index is -0.968. The fourth-order valence-corrected chi connectivity index (χ4v) is 2.51. The zero-order valence-electron chi connectivity index (χ0n) is 8.07. The van der Waals surface area contributed by atoms with Gasteiger partial charge < -0.3 is 0 Å². The van der Waals surface area contributed by atoms with Crippen LogP contribution in [0.4, 0.5) is 0 Å². The van der Waals surface area contributed by atoms with Gasteiger partial charge in [0.1, 0.15) is 0 Å². The van der Waals surface area contributed by atoms with Crippen molar-refractivity contribution in [1.82, 2.24) is 0 Å². The van der Waals surface area contributed by atoms with Crippen LogP contribution in [0.15, 0.2) is 52.3 Å². The fourth-order valence-electron chi connectivity index (χ4n) is 1.38. The Balaban J connectivity index is 2.23. The van der Waals surface area contributed by atoms with Crippen molar-refractivity contribution in [1.29, 1.82) is 0 Å². The molecule has 0 amide bonds. The Kier molecular flexibility index (Phi) is 2.64. The monoisotopic (exact) mass is 204 g/mol. The first-order chi connectivity index (χ1) is 6.77. The molecular weight excluding hydrogens is 192 g/mol. The van der Waals surface area contributed by atoms with E-state index in [1.165, 1.54) is 5.56 Å². The van der Waals surface area contributed by atoms with E-state index in [4.69, 9.17) is 0 Å². The summed E-state index contributed by atoms with van der Waals surface area (Å²) in [6.45, 7) is 2.03. The van der Waals surface area contributed by atoms with E-state index in [1.54, 1.807) is 0 Å². The van der Waals surface area contributed by atoms with Crippen molar-refractivity contribution in [3.63, 3.8) is 0 Å². The topological polar surface area (TPSA) is 17.1 Å². The summed E-state index contributed by atoms with van der Waals surface area (Å²) in [6, 6.07) is 7.86. The van der Waals surface area contributed by atoms with E-state index in [2.05, 4.69) is 0 Å². The van der Waals surface area contributed by atoms with Gasteiger partial charge in [-0.05, 0) is 31.6 Å². The van der Waals surface area contributed by atoms with Gasteiger partial charge in [-0.15, -0.1) is 0 Å². The molecule has 1 aromatic rings. The molecule has 2 heteroatoms. The molecule has 2 rings (SSSR count). The van der Waals surface area contributed by atoms with Crippen LogP contribution in [0.2, 0.25) is 0 Å². The number of aryl methyl sites for hydroxylation is 1. The van der Waals surface area contributed by atoms with Gasteiger partial charge in [0.05, 0.1) is 10.8 Å². The van der Waals surface area contributed by atoms with Crippen molar-refractivity contribution < 1.29 is 4.21 Å². The number of benzene rings is 1. The Labute approximate surface area is 86.6 Å². The van der Waals surface area contributed by atoms with Gasteiger partial charge >= 0.3 is 0 Å². The second kappa shape index (κ2) is 3.93. The average Bonchev–Trinajstić information content (AvgIpc) is 2.71. The number of hydrogen-bond acceptors (Lipinski definition) is 1. The minimum absolute atomic E-state index is 0.820. The average molecular weight is 204 g/mol. The van der Waals surface area contributed by atoms with Crippen molar-refractivity contribution >= 4 is 10.8 Å². The summed E-state index contributed by atoms with van der Waals surface area (Å²) in [4.78, 5) is 1.89. The Morgan fingerprint density at radius 2 is 1.93 bits per heavy atom. The summed E-state index contributed by atoms with van der Waals surface area (Å²) in [5.41, 5.74) is 1.20. The van der Waals surface area contributed by atoms with Gasteiger partial charge in [0.25, 0.3) is 0 Å². The van der Waals surface area contributed by atoms with Crippen LogP contribution in [0.1, 0.15) is 12.0 Å². The molecule has 0 unspecified atom stereocenters. The highest BCUT2D eigenvalue weighted by Gasteiger charge is 2.10. The molecule has 72 valence electrons.